The fraction of sp³-hybridized carbons (Fsp3) is 0.111. The van der Waals surface area contributed by atoms with Crippen LogP contribution in [0.2, 0.25) is 0 Å². The second-order valence-electron chi connectivity index (χ2n) is 4.83. The second kappa shape index (κ2) is 5.66. The van der Waals surface area contributed by atoms with Crippen molar-refractivity contribution in [2.75, 3.05) is 17.7 Å². The maximum atomic E-state index is 3.52. The van der Waals surface area contributed by atoms with Gasteiger partial charge in [-0.15, -0.1) is 0 Å². The number of hydrogen-bond donors (Lipinski definition) is 2. The van der Waals surface area contributed by atoms with Crippen molar-refractivity contribution in [3.05, 3.63) is 72.3 Å². The summed E-state index contributed by atoms with van der Waals surface area (Å²) in [6.07, 6.45) is 0. The van der Waals surface area contributed by atoms with Crippen LogP contribution in [-0.2, 0) is 6.54 Å². The summed E-state index contributed by atoms with van der Waals surface area (Å²) in [6, 6.07) is 23.3. The predicted molar refractivity (Wildman–Crippen MR) is 87.3 cm³/mol. The molecule has 0 aliphatic rings. The molecule has 2 N–H and O–H groups in total. The van der Waals surface area contributed by atoms with Crippen molar-refractivity contribution in [3.63, 3.8) is 0 Å². The Balaban J connectivity index is 1.79. The Bertz CT molecular complexity index is 697. The predicted octanol–water partition coefficient (Wildman–Crippen LogP) is 4.49. The molecule has 20 heavy (non-hydrogen) atoms. The summed E-state index contributed by atoms with van der Waals surface area (Å²) < 4.78 is 0. The van der Waals surface area contributed by atoms with E-state index in [1.54, 1.807) is 0 Å². The van der Waals surface area contributed by atoms with E-state index >= 15 is 0 Å². The Kier molecular flexibility index (Phi) is 3.55. The van der Waals surface area contributed by atoms with Gasteiger partial charge in [-0.3, -0.25) is 0 Å². The van der Waals surface area contributed by atoms with Crippen LogP contribution in [0.5, 0.6) is 0 Å². The van der Waals surface area contributed by atoms with Gasteiger partial charge < -0.3 is 10.6 Å². The van der Waals surface area contributed by atoms with Crippen molar-refractivity contribution in [1.29, 1.82) is 0 Å². The summed E-state index contributed by atoms with van der Waals surface area (Å²) in [5.41, 5.74) is 3.59. The van der Waals surface area contributed by atoms with Gasteiger partial charge in [-0.1, -0.05) is 48.5 Å². The van der Waals surface area contributed by atoms with Gasteiger partial charge in [-0.05, 0) is 29.1 Å². The molecule has 0 spiro atoms. The summed E-state index contributed by atoms with van der Waals surface area (Å²) in [4.78, 5) is 0. The molecule has 3 aromatic carbocycles. The molecule has 0 aliphatic carbocycles. The van der Waals surface area contributed by atoms with Gasteiger partial charge in [0.15, 0.2) is 0 Å². The number of nitrogens with one attached hydrogen (secondary N) is 2. The lowest BCUT2D eigenvalue weighted by Gasteiger charge is -2.10. The van der Waals surface area contributed by atoms with E-state index in [0.29, 0.717) is 0 Å². The zero-order valence-electron chi connectivity index (χ0n) is 11.6. The molecular weight excluding hydrogens is 244 g/mol. The van der Waals surface area contributed by atoms with Gasteiger partial charge in [-0.2, -0.15) is 0 Å². The zero-order valence-corrected chi connectivity index (χ0v) is 11.6. The molecule has 2 nitrogen and oxygen atoms in total. The lowest BCUT2D eigenvalue weighted by Crippen LogP contribution is -2.00. The first-order valence-electron chi connectivity index (χ1n) is 6.85. The van der Waals surface area contributed by atoms with Crippen molar-refractivity contribution in [2.45, 2.75) is 6.54 Å². The summed E-state index contributed by atoms with van der Waals surface area (Å²) >= 11 is 0. The molecule has 0 aromatic heterocycles. The highest BCUT2D eigenvalue weighted by Crippen LogP contribution is 2.23. The topological polar surface area (TPSA) is 24.1 Å². The highest BCUT2D eigenvalue weighted by atomic mass is 14.9. The minimum Gasteiger partial charge on any atom is -0.388 e. The van der Waals surface area contributed by atoms with Gasteiger partial charge in [0.2, 0.25) is 0 Å². The van der Waals surface area contributed by atoms with E-state index in [4.69, 9.17) is 0 Å². The van der Waals surface area contributed by atoms with E-state index in [1.807, 2.05) is 7.05 Å². The number of rotatable bonds is 4. The first-order chi connectivity index (χ1) is 9.86. The molecular formula is C18H18N2. The van der Waals surface area contributed by atoms with Crippen molar-refractivity contribution in [2.24, 2.45) is 0 Å². The van der Waals surface area contributed by atoms with Crippen LogP contribution in [0.15, 0.2) is 66.7 Å². The van der Waals surface area contributed by atoms with E-state index < -0.39 is 0 Å². The molecule has 0 bridgehead atoms. The largest absolute Gasteiger partial charge is 0.388 e. The van der Waals surface area contributed by atoms with Crippen LogP contribution in [0, 0.1) is 0 Å². The molecule has 0 radical (unpaired) electrons. The normalized spacial score (nSPS) is 10.4. The van der Waals surface area contributed by atoms with Gasteiger partial charge in [0.1, 0.15) is 0 Å². The monoisotopic (exact) mass is 262 g/mol. The molecule has 0 saturated carbocycles. The summed E-state index contributed by atoms with van der Waals surface area (Å²) in [5.74, 6) is 0. The first kappa shape index (κ1) is 12.5. The molecule has 0 heterocycles. The Labute approximate surface area is 119 Å². The second-order valence-corrected chi connectivity index (χ2v) is 4.83. The summed E-state index contributed by atoms with van der Waals surface area (Å²) in [5, 5.41) is 9.19. The summed E-state index contributed by atoms with van der Waals surface area (Å²) in [7, 11) is 1.93. The average Bonchev–Trinajstić information content (AvgIpc) is 2.53. The lowest BCUT2D eigenvalue weighted by molar-refractivity contribution is 1.15. The molecule has 0 atom stereocenters. The fourth-order valence-corrected chi connectivity index (χ4v) is 2.37. The smallest absolute Gasteiger partial charge is 0.0422 e. The van der Waals surface area contributed by atoms with Crippen LogP contribution in [0.3, 0.4) is 0 Å². The van der Waals surface area contributed by atoms with Gasteiger partial charge >= 0.3 is 0 Å². The van der Waals surface area contributed by atoms with Crippen molar-refractivity contribution in [3.8, 4) is 0 Å². The maximum Gasteiger partial charge on any atom is 0.0422 e. The van der Waals surface area contributed by atoms with E-state index in [-0.39, 0.29) is 0 Å². The standard InChI is InChI=1S/C18H18N2/c1-19-16-11-9-14(10-12-16)13-20-18-8-4-6-15-5-2-3-7-17(15)18/h2-12,19-20H,13H2,1H3. The Morgan fingerprint density at radius 3 is 2.35 bits per heavy atom. The van der Waals surface area contributed by atoms with Gasteiger partial charge in [-0.25, -0.2) is 0 Å². The first-order valence-corrected chi connectivity index (χ1v) is 6.85. The van der Waals surface area contributed by atoms with Crippen molar-refractivity contribution in [1.82, 2.24) is 0 Å². The zero-order chi connectivity index (χ0) is 13.8. The third-order valence-corrected chi connectivity index (χ3v) is 3.52. The third-order valence-electron chi connectivity index (χ3n) is 3.52. The summed E-state index contributed by atoms with van der Waals surface area (Å²) in [6.45, 7) is 0.831. The van der Waals surface area contributed by atoms with Crippen LogP contribution in [-0.4, -0.2) is 7.05 Å². The quantitative estimate of drug-likeness (QED) is 0.723. The van der Waals surface area contributed by atoms with Crippen LogP contribution in [0.25, 0.3) is 10.8 Å². The SMILES string of the molecule is CNc1ccc(CNc2cccc3ccccc23)cc1. The number of fused-ring (bicyclic) bond motifs is 1. The van der Waals surface area contributed by atoms with Crippen LogP contribution in [0.1, 0.15) is 5.56 Å². The van der Waals surface area contributed by atoms with Gasteiger partial charge in [0.25, 0.3) is 0 Å². The van der Waals surface area contributed by atoms with E-state index in [9.17, 15) is 0 Å². The molecule has 0 unspecified atom stereocenters. The molecule has 0 aliphatic heterocycles. The molecule has 0 saturated heterocycles. The molecule has 0 fully saturated rings. The lowest BCUT2D eigenvalue weighted by atomic mass is 10.1. The highest BCUT2D eigenvalue weighted by Gasteiger charge is 2.00. The van der Waals surface area contributed by atoms with Crippen LogP contribution < -0.4 is 10.6 Å². The molecule has 100 valence electrons. The van der Waals surface area contributed by atoms with Gasteiger partial charge in [0, 0.05) is 30.4 Å². The molecule has 0 amide bonds. The van der Waals surface area contributed by atoms with Crippen molar-refractivity contribution >= 4 is 22.1 Å². The van der Waals surface area contributed by atoms with E-state index in [0.717, 1.165) is 12.2 Å². The Hall–Kier alpha value is -2.48. The Morgan fingerprint density at radius 1 is 0.800 bits per heavy atom. The third kappa shape index (κ3) is 2.59. The number of hydrogen-bond acceptors (Lipinski definition) is 2. The minimum absolute atomic E-state index is 0.831. The van der Waals surface area contributed by atoms with Crippen LogP contribution in [0.4, 0.5) is 11.4 Å². The van der Waals surface area contributed by atoms with E-state index in [1.165, 1.54) is 22.0 Å². The average molecular weight is 262 g/mol. The van der Waals surface area contributed by atoms with Crippen molar-refractivity contribution < 1.29 is 0 Å². The minimum atomic E-state index is 0.831. The van der Waals surface area contributed by atoms with E-state index in [2.05, 4.69) is 77.4 Å². The molecule has 2 heteroatoms. The van der Waals surface area contributed by atoms with Crippen LogP contribution >= 0.6 is 0 Å². The maximum absolute atomic E-state index is 3.52. The Morgan fingerprint density at radius 2 is 1.55 bits per heavy atom. The van der Waals surface area contributed by atoms with Gasteiger partial charge in [0.05, 0.1) is 0 Å². The fourth-order valence-electron chi connectivity index (χ4n) is 2.37. The molecule has 3 aromatic rings. The number of benzene rings is 3. The number of anilines is 2. The highest BCUT2D eigenvalue weighted by molar-refractivity contribution is 5.93. The molecule has 3 rings (SSSR count).